The second-order valence-corrected chi connectivity index (χ2v) is 5.76. The van der Waals surface area contributed by atoms with Gasteiger partial charge in [0, 0.05) is 19.5 Å². The third-order valence-electron chi connectivity index (χ3n) is 2.31. The summed E-state index contributed by atoms with van der Waals surface area (Å²) in [4.78, 5) is 0. The molecule has 1 aromatic carbocycles. The average molecular weight is 406 g/mol. The van der Waals surface area contributed by atoms with Crippen molar-refractivity contribution < 1.29 is 19.5 Å². The first kappa shape index (κ1) is 30.9. The van der Waals surface area contributed by atoms with Crippen LogP contribution in [0.3, 0.4) is 0 Å². The van der Waals surface area contributed by atoms with Gasteiger partial charge in [-0.25, -0.2) is 0 Å². The van der Waals surface area contributed by atoms with Crippen LogP contribution in [-0.2, 0) is 19.5 Å². The van der Waals surface area contributed by atoms with Crippen molar-refractivity contribution in [2.75, 3.05) is 0 Å². The Morgan fingerprint density at radius 1 is 0.957 bits per heavy atom. The van der Waals surface area contributed by atoms with Crippen molar-refractivity contribution >= 4 is 29.2 Å². The largest absolute Gasteiger partial charge is 0.385 e. The van der Waals surface area contributed by atoms with E-state index in [9.17, 15) is 0 Å². The summed E-state index contributed by atoms with van der Waals surface area (Å²) < 4.78 is 0.194. The third-order valence-corrected chi connectivity index (χ3v) is 2.31. The summed E-state index contributed by atoms with van der Waals surface area (Å²) in [5.74, 6) is 0. The maximum Gasteiger partial charge on any atom is 0.128 e. The molecule has 0 atom stereocenters. The molecule has 2 N–H and O–H groups in total. The molecule has 0 aliphatic heterocycles. The number of hydrogen-bond acceptors (Lipinski definition) is 1. The molecular weight excluding hydrogens is 372 g/mol. The van der Waals surface area contributed by atoms with Crippen LogP contribution in [0.2, 0.25) is 0 Å². The van der Waals surface area contributed by atoms with Crippen molar-refractivity contribution in [1.29, 1.82) is 0 Å². The fraction of sp³-hybridized carbons (Fsp3) is 0.526. The summed E-state index contributed by atoms with van der Waals surface area (Å²) in [5.41, 5.74) is 4.71. The van der Waals surface area contributed by atoms with E-state index in [1.807, 2.05) is 30.3 Å². The molecule has 0 aliphatic carbocycles. The molecule has 4 heteroatoms. The summed E-state index contributed by atoms with van der Waals surface area (Å²) in [7, 11) is 0. The molecule has 23 heavy (non-hydrogen) atoms. The van der Waals surface area contributed by atoms with E-state index in [0.717, 1.165) is 12.8 Å². The van der Waals surface area contributed by atoms with Crippen molar-refractivity contribution in [2.24, 2.45) is 5.73 Å². The predicted molar refractivity (Wildman–Crippen MR) is 110 cm³/mol. The van der Waals surface area contributed by atoms with Gasteiger partial charge in [-0.1, -0.05) is 64.6 Å². The summed E-state index contributed by atoms with van der Waals surface area (Å²) in [6.45, 7) is 11.9. The molecule has 0 saturated heterocycles. The van der Waals surface area contributed by atoms with Crippen LogP contribution in [0.15, 0.2) is 30.3 Å². The molecule has 1 rings (SSSR count). The average Bonchev–Trinajstić information content (AvgIpc) is 2.53. The van der Waals surface area contributed by atoms with Crippen LogP contribution in [-0.4, -0.2) is 4.32 Å². The molecule has 132 valence electrons. The Hall–Kier alpha value is 0.0834. The molecule has 0 radical (unpaired) electrons. The van der Waals surface area contributed by atoms with Gasteiger partial charge in [-0.15, -0.1) is 12.6 Å². The number of nitrogens with two attached hydrogens (primary N) is 1. The molecule has 1 aromatic rings. The van der Waals surface area contributed by atoms with Crippen LogP contribution in [0.1, 0.15) is 65.2 Å². The Morgan fingerprint density at radius 2 is 1.30 bits per heavy atom. The van der Waals surface area contributed by atoms with E-state index >= 15 is 0 Å². The second kappa shape index (κ2) is 33.6. The van der Waals surface area contributed by atoms with Crippen LogP contribution in [0.25, 0.3) is 0 Å². The van der Waals surface area contributed by atoms with Gasteiger partial charge in [-0.2, -0.15) is 49.2 Å². The first-order valence-electron chi connectivity index (χ1n) is 8.04. The fourth-order valence-corrected chi connectivity index (χ4v) is 1.20. The van der Waals surface area contributed by atoms with Gasteiger partial charge in [0.05, 0.1) is 0 Å². The van der Waals surface area contributed by atoms with E-state index < -0.39 is 0 Å². The Morgan fingerprint density at radius 3 is 1.39 bits per heavy atom. The molecule has 0 aliphatic rings. The van der Waals surface area contributed by atoms with Gasteiger partial charge in [0.2, 0.25) is 0 Å². The molecule has 0 aromatic heterocycles. The summed E-state index contributed by atoms with van der Waals surface area (Å²) in [6, 6.07) is 12.5. The Labute approximate surface area is 169 Å². The smallest absolute Gasteiger partial charge is 0.128 e. The minimum Gasteiger partial charge on any atom is -0.385 e. The third kappa shape index (κ3) is 61.0. The fourth-order valence-electron chi connectivity index (χ4n) is 1.20. The van der Waals surface area contributed by atoms with Gasteiger partial charge < -0.3 is 19.6 Å². The van der Waals surface area contributed by atoms with Crippen molar-refractivity contribution in [3.8, 4) is 0 Å². The molecule has 0 saturated carbocycles. The number of rotatable bonds is 6. The first-order valence-corrected chi connectivity index (χ1v) is 8.90. The summed E-state index contributed by atoms with van der Waals surface area (Å²) >= 11 is 7.65. The molecule has 0 spiro atoms. The van der Waals surface area contributed by atoms with Gasteiger partial charge in [0.15, 0.2) is 0 Å². The number of unbranched alkanes of at least 4 members (excludes halogenated alkanes) is 6. The number of hydrogen-bond donors (Lipinski definition) is 2. The molecule has 0 heterocycles. The number of benzene rings is 1. The van der Waals surface area contributed by atoms with Crippen LogP contribution < -0.4 is 5.73 Å². The molecular formula is C19H34NS2Zn-3. The zero-order valence-electron chi connectivity index (χ0n) is 15.1. The van der Waals surface area contributed by atoms with Crippen molar-refractivity contribution in [2.45, 2.75) is 65.2 Å². The van der Waals surface area contributed by atoms with Crippen LogP contribution in [0.4, 0.5) is 0 Å². The maximum atomic E-state index is 4.71. The predicted octanol–water partition coefficient (Wildman–Crippen LogP) is 6.45. The molecule has 0 fully saturated rings. The van der Waals surface area contributed by atoms with E-state index in [1.54, 1.807) is 0 Å². The van der Waals surface area contributed by atoms with Gasteiger partial charge in [0.25, 0.3) is 0 Å². The van der Waals surface area contributed by atoms with E-state index in [1.165, 1.54) is 38.5 Å². The minimum atomic E-state index is 0. The minimum absolute atomic E-state index is 0. The van der Waals surface area contributed by atoms with Crippen molar-refractivity contribution in [1.82, 2.24) is 0 Å². The topological polar surface area (TPSA) is 26.0 Å². The summed E-state index contributed by atoms with van der Waals surface area (Å²) in [6.07, 6.45) is 10.1. The maximum absolute atomic E-state index is 4.71. The van der Waals surface area contributed by atoms with E-state index in [4.69, 9.17) is 5.73 Å². The van der Waals surface area contributed by atoms with E-state index in [-0.39, 0.29) is 23.8 Å². The number of thiol groups is 1. The second-order valence-electron chi connectivity index (χ2n) is 4.54. The molecule has 1 nitrogen and oxygen atoms in total. The van der Waals surface area contributed by atoms with Gasteiger partial charge in [-0.05, 0) is 0 Å². The van der Waals surface area contributed by atoms with E-state index in [2.05, 4.69) is 58.6 Å². The zero-order valence-corrected chi connectivity index (χ0v) is 19.8. The normalized spacial score (nSPS) is 7.87. The van der Waals surface area contributed by atoms with E-state index in [0.29, 0.717) is 0 Å². The SMILES string of the molecule is NC(=S)S.[CH2-]CCCCC.[CH2-]CCCCC.[Zn].[c-]1ccccc1. The quantitative estimate of drug-likeness (QED) is 0.187. The van der Waals surface area contributed by atoms with Crippen LogP contribution in [0.5, 0.6) is 0 Å². The zero-order chi connectivity index (χ0) is 17.5. The number of thiocarbonyl (C=S) groups is 1. The van der Waals surface area contributed by atoms with Crippen molar-refractivity contribution in [3.05, 3.63) is 50.2 Å². The van der Waals surface area contributed by atoms with Crippen LogP contribution in [0, 0.1) is 19.9 Å². The molecule has 0 amide bonds. The molecule has 0 bridgehead atoms. The standard InChI is InChI=1S/C6H5.2C6H13.CH3NS2.Zn/c1-2-4-6-5-3-1;2*1-3-5-6-4-2;2-1(3)4;/h1-5H;2*1,3-6H2,2H3;(H3,2,3,4);/q3*-1;;. The first-order chi connectivity index (χ1) is 10.6. The van der Waals surface area contributed by atoms with Gasteiger partial charge >= 0.3 is 0 Å². The summed E-state index contributed by atoms with van der Waals surface area (Å²) in [5, 5.41) is 0. The monoisotopic (exact) mass is 404 g/mol. The Bertz CT molecular complexity index is 235. The van der Waals surface area contributed by atoms with Crippen LogP contribution >= 0.6 is 24.8 Å². The Kier molecular flexibility index (Phi) is 45.2. The van der Waals surface area contributed by atoms with Gasteiger partial charge in [0.1, 0.15) is 4.32 Å². The van der Waals surface area contributed by atoms with Gasteiger partial charge in [-0.3, -0.25) is 0 Å². The van der Waals surface area contributed by atoms with Crippen molar-refractivity contribution in [3.63, 3.8) is 0 Å². The molecule has 0 unspecified atom stereocenters. The Balaban J connectivity index is -0.000000104.